The van der Waals surface area contributed by atoms with Gasteiger partial charge in [-0.05, 0) is 116 Å². The smallest absolute Gasteiger partial charge is 0.160 e. The van der Waals surface area contributed by atoms with Gasteiger partial charge in [0.2, 0.25) is 0 Å². The summed E-state index contributed by atoms with van der Waals surface area (Å²) >= 11 is 0. The lowest BCUT2D eigenvalue weighted by Gasteiger charge is -2.26. The Hall–Kier alpha value is -8.54. The highest BCUT2D eigenvalue weighted by Crippen LogP contribution is 2.43. The van der Waals surface area contributed by atoms with Crippen molar-refractivity contribution in [2.24, 2.45) is 0 Å². The number of benzene rings is 9. The zero-order valence-electron chi connectivity index (χ0n) is 35.3. The largest absolute Gasteiger partial charge is 0.310 e. The van der Waals surface area contributed by atoms with Gasteiger partial charge >= 0.3 is 0 Å². The van der Waals surface area contributed by atoms with Gasteiger partial charge in [-0.25, -0.2) is 9.97 Å². The van der Waals surface area contributed by atoms with Crippen molar-refractivity contribution in [3.05, 3.63) is 248 Å². The van der Waals surface area contributed by atoms with Crippen molar-refractivity contribution in [3.8, 4) is 39.6 Å². The van der Waals surface area contributed by atoms with E-state index in [0.29, 0.717) is 5.82 Å². The van der Waals surface area contributed by atoms with Crippen molar-refractivity contribution >= 4 is 55.9 Å². The number of rotatable bonds is 10. The Morgan fingerprint density at radius 2 is 0.734 bits per heavy atom. The monoisotopic (exact) mass is 821 g/mol. The second-order valence-electron chi connectivity index (χ2n) is 15.9. The Morgan fingerprint density at radius 1 is 0.344 bits per heavy atom. The number of nitrogens with zero attached hydrogens (tertiary/aromatic N) is 5. The first kappa shape index (κ1) is 38.4. The number of anilines is 6. The van der Waals surface area contributed by atoms with E-state index < -0.39 is 0 Å². The predicted molar refractivity (Wildman–Crippen MR) is 267 cm³/mol. The zero-order valence-corrected chi connectivity index (χ0v) is 35.3. The molecule has 0 aliphatic carbocycles. The summed E-state index contributed by atoms with van der Waals surface area (Å²) in [6.45, 7) is 2.11. The summed E-state index contributed by atoms with van der Waals surface area (Å²) in [5.41, 5.74) is 15.8. The van der Waals surface area contributed by atoms with E-state index in [1.807, 2.05) is 6.07 Å². The van der Waals surface area contributed by atoms with Gasteiger partial charge in [0.1, 0.15) is 0 Å². The molecule has 0 atom stereocenters. The molecule has 0 aliphatic heterocycles. The maximum atomic E-state index is 5.18. The van der Waals surface area contributed by atoms with Crippen molar-refractivity contribution in [2.75, 3.05) is 9.80 Å². The number of hydrogen-bond donors (Lipinski definition) is 0. The van der Waals surface area contributed by atoms with Crippen molar-refractivity contribution in [2.45, 2.75) is 6.92 Å². The van der Waals surface area contributed by atoms with Crippen LogP contribution in [0.1, 0.15) is 5.56 Å². The van der Waals surface area contributed by atoms with Crippen LogP contribution in [0.3, 0.4) is 0 Å². The standard InChI is InChI=1S/C59H43N5/c1-42-19-17-18-30-52(42)59-60-55(43-20-7-2-8-21-43)41-56(61-59)44-31-33-49(34-32-44)64-57-37-35-50(62(45-22-9-3-10-23-45)46-24-11-4-12-25-46)39-53(57)54-40-51(36-38-58(54)64)63(47-26-13-5-14-27-47)48-28-15-6-16-29-48/h2-41H,1H3. The van der Waals surface area contributed by atoms with Crippen LogP contribution in [0.25, 0.3) is 61.4 Å². The summed E-state index contributed by atoms with van der Waals surface area (Å²) < 4.78 is 2.39. The molecule has 0 fully saturated rings. The lowest BCUT2D eigenvalue weighted by molar-refractivity contribution is 1.16. The van der Waals surface area contributed by atoms with Crippen LogP contribution >= 0.6 is 0 Å². The van der Waals surface area contributed by atoms with Crippen molar-refractivity contribution in [1.29, 1.82) is 0 Å². The van der Waals surface area contributed by atoms with E-state index in [2.05, 4.69) is 258 Å². The topological polar surface area (TPSA) is 37.2 Å². The highest BCUT2D eigenvalue weighted by molar-refractivity contribution is 6.12. The molecule has 0 aliphatic rings. The Labute approximate surface area is 373 Å². The van der Waals surface area contributed by atoms with E-state index in [0.717, 1.165) is 95.3 Å². The third-order valence-corrected chi connectivity index (χ3v) is 11.9. The number of aryl methyl sites for hydroxylation is 1. The van der Waals surface area contributed by atoms with Crippen LogP contribution in [-0.4, -0.2) is 14.5 Å². The van der Waals surface area contributed by atoms with Gasteiger partial charge in [-0.3, -0.25) is 0 Å². The van der Waals surface area contributed by atoms with E-state index >= 15 is 0 Å². The van der Waals surface area contributed by atoms with Crippen LogP contribution in [0.4, 0.5) is 34.1 Å². The normalized spacial score (nSPS) is 11.2. The van der Waals surface area contributed by atoms with E-state index in [9.17, 15) is 0 Å². The fraction of sp³-hybridized carbons (Fsp3) is 0.0169. The molecule has 5 heteroatoms. The summed E-state index contributed by atoms with van der Waals surface area (Å²) in [7, 11) is 0. The summed E-state index contributed by atoms with van der Waals surface area (Å²) in [5, 5.41) is 2.31. The van der Waals surface area contributed by atoms with Crippen molar-refractivity contribution in [1.82, 2.24) is 14.5 Å². The minimum atomic E-state index is 0.715. The van der Waals surface area contributed by atoms with Gasteiger partial charge in [0.05, 0.1) is 22.4 Å². The van der Waals surface area contributed by atoms with Gasteiger partial charge in [0.25, 0.3) is 0 Å². The molecule has 0 N–H and O–H groups in total. The molecule has 0 saturated carbocycles. The third kappa shape index (κ3) is 7.25. The molecule has 304 valence electrons. The van der Waals surface area contributed by atoms with Gasteiger partial charge in [-0.2, -0.15) is 0 Å². The Morgan fingerprint density at radius 3 is 1.17 bits per heavy atom. The zero-order chi connectivity index (χ0) is 42.8. The van der Waals surface area contributed by atoms with Crippen LogP contribution in [0.15, 0.2) is 243 Å². The highest BCUT2D eigenvalue weighted by atomic mass is 15.1. The Bertz CT molecular complexity index is 3150. The van der Waals surface area contributed by atoms with Crippen LogP contribution in [-0.2, 0) is 0 Å². The van der Waals surface area contributed by atoms with Gasteiger partial charge in [0, 0.05) is 67.3 Å². The molecule has 0 saturated heterocycles. The van der Waals surface area contributed by atoms with Gasteiger partial charge < -0.3 is 14.4 Å². The first-order valence-electron chi connectivity index (χ1n) is 21.7. The Kier molecular flexibility index (Phi) is 10.0. The predicted octanol–water partition coefficient (Wildman–Crippen LogP) is 15.8. The second-order valence-corrected chi connectivity index (χ2v) is 15.9. The first-order valence-corrected chi connectivity index (χ1v) is 21.7. The lowest BCUT2D eigenvalue weighted by atomic mass is 10.0. The molecule has 0 amide bonds. The van der Waals surface area contributed by atoms with Gasteiger partial charge in [-0.15, -0.1) is 0 Å². The highest BCUT2D eigenvalue weighted by Gasteiger charge is 2.20. The van der Waals surface area contributed by atoms with E-state index in [-0.39, 0.29) is 0 Å². The number of para-hydroxylation sites is 4. The van der Waals surface area contributed by atoms with Crippen LogP contribution in [0, 0.1) is 6.92 Å². The fourth-order valence-corrected chi connectivity index (χ4v) is 8.84. The first-order chi connectivity index (χ1) is 31.7. The lowest BCUT2D eigenvalue weighted by Crippen LogP contribution is -2.09. The van der Waals surface area contributed by atoms with Crippen molar-refractivity contribution in [3.63, 3.8) is 0 Å². The van der Waals surface area contributed by atoms with E-state index in [1.165, 1.54) is 0 Å². The maximum Gasteiger partial charge on any atom is 0.160 e. The third-order valence-electron chi connectivity index (χ3n) is 11.9. The van der Waals surface area contributed by atoms with Crippen molar-refractivity contribution < 1.29 is 0 Å². The van der Waals surface area contributed by atoms with E-state index in [4.69, 9.17) is 9.97 Å². The number of fused-ring (bicyclic) bond motifs is 3. The summed E-state index contributed by atoms with van der Waals surface area (Å²) in [4.78, 5) is 14.9. The molecule has 11 rings (SSSR count). The van der Waals surface area contributed by atoms with Gasteiger partial charge in [0.15, 0.2) is 5.82 Å². The molecule has 9 aromatic carbocycles. The molecule has 64 heavy (non-hydrogen) atoms. The second kappa shape index (κ2) is 16.7. The van der Waals surface area contributed by atoms with Gasteiger partial charge in [-0.1, -0.05) is 140 Å². The average molecular weight is 822 g/mol. The minimum absolute atomic E-state index is 0.715. The van der Waals surface area contributed by atoms with Crippen LogP contribution in [0.5, 0.6) is 0 Å². The quantitative estimate of drug-likeness (QED) is 0.138. The molecule has 0 radical (unpaired) electrons. The Balaban J connectivity index is 1.09. The summed E-state index contributed by atoms with van der Waals surface area (Å²) in [5.74, 6) is 0.715. The number of hydrogen-bond acceptors (Lipinski definition) is 4. The molecule has 2 aromatic heterocycles. The molecular weight excluding hydrogens is 779 g/mol. The molecule has 0 unspecified atom stereocenters. The maximum absolute atomic E-state index is 5.18. The summed E-state index contributed by atoms with van der Waals surface area (Å²) in [6.07, 6.45) is 0. The number of aromatic nitrogens is 3. The van der Waals surface area contributed by atoms with Crippen LogP contribution < -0.4 is 9.80 Å². The minimum Gasteiger partial charge on any atom is -0.310 e. The molecule has 11 aromatic rings. The molecular formula is C59H43N5. The average Bonchev–Trinajstić information content (AvgIpc) is 3.69. The fourth-order valence-electron chi connectivity index (χ4n) is 8.84. The molecule has 2 heterocycles. The van der Waals surface area contributed by atoms with Crippen LogP contribution in [0.2, 0.25) is 0 Å². The SMILES string of the molecule is Cc1ccccc1-c1nc(-c2ccccc2)cc(-c2ccc(-n3c4ccc(N(c5ccccc5)c5ccccc5)cc4c4cc(N(c5ccccc5)c5ccccc5)ccc43)cc2)n1. The molecule has 0 bridgehead atoms. The molecule has 5 nitrogen and oxygen atoms in total. The molecule has 0 spiro atoms. The van der Waals surface area contributed by atoms with E-state index in [1.54, 1.807) is 0 Å². The summed E-state index contributed by atoms with van der Waals surface area (Å²) in [6, 6.07) is 85.7.